The quantitative estimate of drug-likeness (QED) is 0.659. The van der Waals surface area contributed by atoms with E-state index in [-0.39, 0.29) is 5.91 Å². The lowest BCUT2D eigenvalue weighted by atomic mass is 10.1. The monoisotopic (exact) mass is 325 g/mol. The minimum absolute atomic E-state index is 0.0814. The molecule has 0 aliphatic rings. The SMILES string of the molecule is CNCCCNC(=O)CN(Cc1ccccc1)Cc1ccccc1. The molecule has 0 aliphatic carbocycles. The van der Waals surface area contributed by atoms with Gasteiger partial charge in [0, 0.05) is 19.6 Å². The van der Waals surface area contributed by atoms with Crippen LogP contribution in [0, 0.1) is 0 Å². The van der Waals surface area contributed by atoms with E-state index in [2.05, 4.69) is 39.8 Å². The van der Waals surface area contributed by atoms with E-state index in [1.807, 2.05) is 43.4 Å². The topological polar surface area (TPSA) is 44.4 Å². The molecule has 0 radical (unpaired) electrons. The highest BCUT2D eigenvalue weighted by Crippen LogP contribution is 2.09. The molecule has 0 aliphatic heterocycles. The van der Waals surface area contributed by atoms with Crippen molar-refractivity contribution in [2.24, 2.45) is 0 Å². The van der Waals surface area contributed by atoms with Crippen LogP contribution in [0.15, 0.2) is 60.7 Å². The Kier molecular flexibility index (Phi) is 8.01. The van der Waals surface area contributed by atoms with E-state index in [4.69, 9.17) is 0 Å². The molecule has 2 aromatic carbocycles. The molecular formula is C20H27N3O. The summed E-state index contributed by atoms with van der Waals surface area (Å²) in [4.78, 5) is 14.4. The number of benzene rings is 2. The molecular weight excluding hydrogens is 298 g/mol. The summed E-state index contributed by atoms with van der Waals surface area (Å²) in [5, 5.41) is 6.08. The Labute approximate surface area is 144 Å². The second-order valence-corrected chi connectivity index (χ2v) is 5.92. The average Bonchev–Trinajstić information content (AvgIpc) is 2.60. The van der Waals surface area contributed by atoms with Crippen LogP contribution in [0.4, 0.5) is 0 Å². The highest BCUT2D eigenvalue weighted by Gasteiger charge is 2.11. The van der Waals surface area contributed by atoms with E-state index in [0.29, 0.717) is 13.1 Å². The predicted molar refractivity (Wildman–Crippen MR) is 98.6 cm³/mol. The molecule has 0 heterocycles. The summed E-state index contributed by atoms with van der Waals surface area (Å²) in [5.74, 6) is 0.0814. The molecule has 2 N–H and O–H groups in total. The first-order valence-electron chi connectivity index (χ1n) is 8.49. The molecule has 0 spiro atoms. The van der Waals surface area contributed by atoms with Gasteiger partial charge >= 0.3 is 0 Å². The van der Waals surface area contributed by atoms with E-state index < -0.39 is 0 Å². The molecule has 0 saturated heterocycles. The summed E-state index contributed by atoms with van der Waals surface area (Å²) >= 11 is 0. The fraction of sp³-hybridized carbons (Fsp3) is 0.350. The number of carbonyl (C=O) groups is 1. The van der Waals surface area contributed by atoms with Crippen LogP contribution in [0.5, 0.6) is 0 Å². The molecule has 128 valence electrons. The third-order valence-corrected chi connectivity index (χ3v) is 3.79. The number of nitrogens with zero attached hydrogens (tertiary/aromatic N) is 1. The maximum absolute atomic E-state index is 12.2. The summed E-state index contributed by atoms with van der Waals surface area (Å²) in [5.41, 5.74) is 2.44. The minimum atomic E-state index is 0.0814. The number of rotatable bonds is 10. The van der Waals surface area contributed by atoms with Crippen LogP contribution >= 0.6 is 0 Å². The van der Waals surface area contributed by atoms with Crippen molar-refractivity contribution >= 4 is 5.91 Å². The number of hydrogen-bond acceptors (Lipinski definition) is 3. The molecule has 0 fully saturated rings. The second kappa shape index (κ2) is 10.6. The van der Waals surface area contributed by atoms with Gasteiger partial charge in [0.1, 0.15) is 0 Å². The molecule has 4 nitrogen and oxygen atoms in total. The summed E-state index contributed by atoms with van der Waals surface area (Å²) < 4.78 is 0. The molecule has 2 aromatic rings. The fourth-order valence-electron chi connectivity index (χ4n) is 2.60. The van der Waals surface area contributed by atoms with Crippen molar-refractivity contribution < 1.29 is 4.79 Å². The maximum Gasteiger partial charge on any atom is 0.234 e. The van der Waals surface area contributed by atoms with Gasteiger partial charge in [-0.05, 0) is 31.1 Å². The van der Waals surface area contributed by atoms with E-state index in [1.54, 1.807) is 0 Å². The van der Waals surface area contributed by atoms with Crippen LogP contribution < -0.4 is 10.6 Å². The van der Waals surface area contributed by atoms with E-state index in [9.17, 15) is 4.79 Å². The van der Waals surface area contributed by atoms with Crippen LogP contribution in [0.1, 0.15) is 17.5 Å². The Morgan fingerprint density at radius 2 is 1.42 bits per heavy atom. The smallest absolute Gasteiger partial charge is 0.234 e. The maximum atomic E-state index is 12.2. The third-order valence-electron chi connectivity index (χ3n) is 3.79. The number of amides is 1. The van der Waals surface area contributed by atoms with Crippen LogP contribution in [-0.4, -0.2) is 37.5 Å². The zero-order valence-electron chi connectivity index (χ0n) is 14.4. The first-order valence-corrected chi connectivity index (χ1v) is 8.49. The van der Waals surface area contributed by atoms with Gasteiger partial charge in [0.05, 0.1) is 6.54 Å². The Morgan fingerprint density at radius 1 is 0.875 bits per heavy atom. The zero-order chi connectivity index (χ0) is 17.0. The van der Waals surface area contributed by atoms with Crippen molar-refractivity contribution in [3.63, 3.8) is 0 Å². The third kappa shape index (κ3) is 6.94. The van der Waals surface area contributed by atoms with Crippen molar-refractivity contribution in [3.05, 3.63) is 71.8 Å². The van der Waals surface area contributed by atoms with Gasteiger partial charge in [0.25, 0.3) is 0 Å². The molecule has 0 aromatic heterocycles. The molecule has 0 saturated carbocycles. The summed E-state index contributed by atoms with van der Waals surface area (Å²) in [6.07, 6.45) is 0.944. The predicted octanol–water partition coefficient (Wildman–Crippen LogP) is 2.41. The lowest BCUT2D eigenvalue weighted by Crippen LogP contribution is -2.37. The van der Waals surface area contributed by atoms with E-state index in [0.717, 1.165) is 26.1 Å². The highest BCUT2D eigenvalue weighted by atomic mass is 16.2. The van der Waals surface area contributed by atoms with Crippen LogP contribution in [0.2, 0.25) is 0 Å². The van der Waals surface area contributed by atoms with Crippen LogP contribution in [0.3, 0.4) is 0 Å². The Hall–Kier alpha value is -2.17. The molecule has 24 heavy (non-hydrogen) atoms. The molecule has 0 unspecified atom stereocenters. The standard InChI is InChI=1S/C20H27N3O/c1-21-13-8-14-22-20(24)17-23(15-18-9-4-2-5-10-18)16-19-11-6-3-7-12-19/h2-7,9-12,21H,8,13-17H2,1H3,(H,22,24). The van der Waals surface area contributed by atoms with Crippen molar-refractivity contribution in [2.75, 3.05) is 26.7 Å². The lowest BCUT2D eigenvalue weighted by Gasteiger charge is -2.22. The number of carbonyl (C=O) groups excluding carboxylic acids is 1. The summed E-state index contributed by atoms with van der Waals surface area (Å²) in [6.45, 7) is 3.56. The van der Waals surface area contributed by atoms with Crippen molar-refractivity contribution in [1.29, 1.82) is 0 Å². The Balaban J connectivity index is 1.93. The van der Waals surface area contributed by atoms with Gasteiger partial charge in [-0.2, -0.15) is 0 Å². The molecule has 2 rings (SSSR count). The average molecular weight is 325 g/mol. The van der Waals surface area contributed by atoms with Crippen molar-refractivity contribution in [1.82, 2.24) is 15.5 Å². The van der Waals surface area contributed by atoms with Gasteiger partial charge in [-0.15, -0.1) is 0 Å². The van der Waals surface area contributed by atoms with Crippen LogP contribution in [0.25, 0.3) is 0 Å². The Morgan fingerprint density at radius 3 is 1.92 bits per heavy atom. The van der Waals surface area contributed by atoms with E-state index >= 15 is 0 Å². The Bertz CT molecular complexity index is 545. The lowest BCUT2D eigenvalue weighted by molar-refractivity contribution is -0.122. The molecule has 4 heteroatoms. The molecule has 0 atom stereocenters. The van der Waals surface area contributed by atoms with Gasteiger partial charge in [-0.25, -0.2) is 0 Å². The number of nitrogens with one attached hydrogen (secondary N) is 2. The molecule has 1 amide bonds. The summed E-state index contributed by atoms with van der Waals surface area (Å²) in [6, 6.07) is 20.6. The summed E-state index contributed by atoms with van der Waals surface area (Å²) in [7, 11) is 1.92. The van der Waals surface area contributed by atoms with Crippen molar-refractivity contribution in [2.45, 2.75) is 19.5 Å². The van der Waals surface area contributed by atoms with Gasteiger partial charge in [-0.1, -0.05) is 60.7 Å². The van der Waals surface area contributed by atoms with Gasteiger partial charge in [0.2, 0.25) is 5.91 Å². The minimum Gasteiger partial charge on any atom is -0.355 e. The van der Waals surface area contributed by atoms with Crippen molar-refractivity contribution in [3.8, 4) is 0 Å². The van der Waals surface area contributed by atoms with Gasteiger partial charge < -0.3 is 10.6 Å². The van der Waals surface area contributed by atoms with E-state index in [1.165, 1.54) is 11.1 Å². The fourth-order valence-corrected chi connectivity index (χ4v) is 2.60. The zero-order valence-corrected chi connectivity index (χ0v) is 14.4. The van der Waals surface area contributed by atoms with Crippen LogP contribution in [-0.2, 0) is 17.9 Å². The van der Waals surface area contributed by atoms with Gasteiger partial charge in [-0.3, -0.25) is 9.69 Å². The second-order valence-electron chi connectivity index (χ2n) is 5.92. The first kappa shape index (κ1) is 18.2. The highest BCUT2D eigenvalue weighted by molar-refractivity contribution is 5.77. The normalized spacial score (nSPS) is 10.8. The first-order chi connectivity index (χ1) is 11.8. The number of hydrogen-bond donors (Lipinski definition) is 2. The molecule has 0 bridgehead atoms. The van der Waals surface area contributed by atoms with Gasteiger partial charge in [0.15, 0.2) is 0 Å². The largest absolute Gasteiger partial charge is 0.355 e.